The first-order chi connectivity index (χ1) is 15.9. The quantitative estimate of drug-likeness (QED) is 0.634. The molecule has 0 amide bonds. The highest BCUT2D eigenvalue weighted by molar-refractivity contribution is 7.90. The summed E-state index contributed by atoms with van der Waals surface area (Å²) < 4.78 is 35.7. The maximum atomic E-state index is 13.0. The van der Waals surface area contributed by atoms with Crippen molar-refractivity contribution in [2.24, 2.45) is 5.92 Å². The van der Waals surface area contributed by atoms with Crippen LogP contribution < -0.4 is 15.2 Å². The predicted octanol–water partition coefficient (Wildman–Crippen LogP) is 2.75. The zero-order valence-corrected chi connectivity index (χ0v) is 20.3. The Bertz CT molecular complexity index is 1100. The van der Waals surface area contributed by atoms with Gasteiger partial charge < -0.3 is 10.1 Å². The molecule has 0 spiro atoms. The number of aromatic nitrogens is 2. The summed E-state index contributed by atoms with van der Waals surface area (Å²) in [6.07, 6.45) is 4.67. The molecule has 9 nitrogen and oxygen atoms in total. The summed E-state index contributed by atoms with van der Waals surface area (Å²) in [4.78, 5) is 12.9. The van der Waals surface area contributed by atoms with Crippen LogP contribution in [0.1, 0.15) is 31.7 Å². The monoisotopic (exact) mass is 495 g/mol. The summed E-state index contributed by atoms with van der Waals surface area (Å²) in [6, 6.07) is 8.76. The van der Waals surface area contributed by atoms with Crippen molar-refractivity contribution in [3.05, 3.63) is 51.9 Å². The molecule has 2 aliphatic heterocycles. The first-order valence-corrected chi connectivity index (χ1v) is 13.0. The number of piperidine rings is 1. The summed E-state index contributed by atoms with van der Waals surface area (Å²) in [6.45, 7) is 2.79. The van der Waals surface area contributed by atoms with Gasteiger partial charge in [-0.25, -0.2) is 4.68 Å². The molecule has 2 aliphatic rings. The van der Waals surface area contributed by atoms with Crippen molar-refractivity contribution in [3.63, 3.8) is 0 Å². The molecule has 0 saturated carbocycles. The number of hydrogen-bond acceptors (Lipinski definition) is 6. The van der Waals surface area contributed by atoms with Gasteiger partial charge in [0.2, 0.25) is 0 Å². The maximum Gasteiger partial charge on any atom is 0.303 e. The van der Waals surface area contributed by atoms with Crippen molar-refractivity contribution in [2.45, 2.75) is 31.7 Å². The number of benzene rings is 1. The van der Waals surface area contributed by atoms with Crippen LogP contribution in [0.25, 0.3) is 0 Å². The van der Waals surface area contributed by atoms with Crippen LogP contribution in [0.2, 0.25) is 5.02 Å². The van der Waals surface area contributed by atoms with Crippen molar-refractivity contribution in [1.29, 1.82) is 0 Å². The summed E-state index contributed by atoms with van der Waals surface area (Å²) in [7, 11) is -2.10. The molecule has 0 aliphatic carbocycles. The van der Waals surface area contributed by atoms with Crippen LogP contribution in [0.4, 0.5) is 11.4 Å². The van der Waals surface area contributed by atoms with Crippen LogP contribution in [-0.4, -0.2) is 62.4 Å². The Labute approximate surface area is 199 Å². The van der Waals surface area contributed by atoms with Crippen molar-refractivity contribution in [3.8, 4) is 0 Å². The van der Waals surface area contributed by atoms with Crippen LogP contribution in [-0.2, 0) is 14.9 Å². The van der Waals surface area contributed by atoms with Gasteiger partial charge in [-0.05, 0) is 43.7 Å². The predicted molar refractivity (Wildman–Crippen MR) is 129 cm³/mol. The Morgan fingerprint density at radius 2 is 1.94 bits per heavy atom. The molecule has 0 bridgehead atoms. The van der Waals surface area contributed by atoms with Gasteiger partial charge in [0, 0.05) is 33.3 Å². The molecule has 1 aromatic heterocycles. The number of hydrogen-bond donors (Lipinski definition) is 1. The van der Waals surface area contributed by atoms with Gasteiger partial charge in [0.1, 0.15) is 5.02 Å². The third kappa shape index (κ3) is 5.34. The Morgan fingerprint density at radius 3 is 2.61 bits per heavy atom. The molecule has 0 radical (unpaired) electrons. The van der Waals surface area contributed by atoms with E-state index in [1.807, 2.05) is 6.07 Å². The average molecular weight is 496 g/mol. The van der Waals surface area contributed by atoms with Gasteiger partial charge in [-0.15, -0.1) is 0 Å². The van der Waals surface area contributed by atoms with Crippen molar-refractivity contribution < 1.29 is 13.2 Å². The number of ether oxygens (including phenoxy) is 1. The Balaban J connectivity index is 1.39. The smallest absolute Gasteiger partial charge is 0.303 e. The van der Waals surface area contributed by atoms with E-state index in [0.29, 0.717) is 56.4 Å². The average Bonchev–Trinajstić information content (AvgIpc) is 2.86. The van der Waals surface area contributed by atoms with E-state index in [1.165, 1.54) is 13.3 Å². The lowest BCUT2D eigenvalue weighted by atomic mass is 10.0. The maximum absolute atomic E-state index is 13.0. The van der Waals surface area contributed by atoms with Gasteiger partial charge in [0.25, 0.3) is 5.56 Å². The molecular formula is C22H30ClN5O4S. The minimum Gasteiger partial charge on any atom is -0.382 e. The van der Waals surface area contributed by atoms with E-state index in [2.05, 4.69) is 10.4 Å². The Hall–Kier alpha value is -2.14. The van der Waals surface area contributed by atoms with Crippen molar-refractivity contribution in [2.75, 3.05) is 49.5 Å². The van der Waals surface area contributed by atoms with Crippen LogP contribution in [0.3, 0.4) is 0 Å². The fourth-order valence-electron chi connectivity index (χ4n) is 4.31. The van der Waals surface area contributed by atoms with Gasteiger partial charge in [0.15, 0.2) is 0 Å². The number of nitrogens with zero attached hydrogens (tertiary/aromatic N) is 4. The van der Waals surface area contributed by atoms with Gasteiger partial charge in [-0.1, -0.05) is 29.8 Å². The second-order valence-corrected chi connectivity index (χ2v) is 10.9. The number of halogens is 1. The SMILES string of the molecule is CN(c1ccccc1)S(=O)(=O)N1CCC(n2ncc(NC[C@@H]3CCCOC3)c(Cl)c2=O)CC1. The normalized spacial score (nSPS) is 20.5. The van der Waals surface area contributed by atoms with Crippen LogP contribution >= 0.6 is 11.6 Å². The van der Waals surface area contributed by atoms with Crippen LogP contribution in [0.15, 0.2) is 41.3 Å². The molecular weight excluding hydrogens is 466 g/mol. The Kier molecular flexibility index (Phi) is 7.58. The first-order valence-electron chi connectivity index (χ1n) is 11.3. The zero-order chi connectivity index (χ0) is 23.4. The van der Waals surface area contributed by atoms with Crippen LogP contribution in [0, 0.1) is 5.92 Å². The standard InChI is InChI=1S/C22H30ClN5O4S/c1-26(18-7-3-2-4-8-18)33(30,31)27-11-9-19(10-12-27)28-22(29)21(23)20(15-25-28)24-14-17-6-5-13-32-16-17/h2-4,7-8,15,17,19,24H,5-6,9-14,16H2,1H3/t17-/m0/s1. The molecule has 2 saturated heterocycles. The summed E-state index contributed by atoms with van der Waals surface area (Å²) in [5, 5.41) is 7.68. The summed E-state index contributed by atoms with van der Waals surface area (Å²) >= 11 is 6.37. The second-order valence-electron chi connectivity index (χ2n) is 8.53. The van der Waals surface area contributed by atoms with Crippen molar-refractivity contribution >= 4 is 33.2 Å². The number of para-hydroxylation sites is 1. The summed E-state index contributed by atoms with van der Waals surface area (Å²) in [5.74, 6) is 0.387. The number of nitrogens with one attached hydrogen (secondary N) is 1. The van der Waals surface area contributed by atoms with Gasteiger partial charge in [-0.2, -0.15) is 17.8 Å². The highest BCUT2D eigenvalue weighted by Crippen LogP contribution is 2.27. The molecule has 1 N–H and O–H groups in total. The molecule has 2 fully saturated rings. The first kappa shape index (κ1) is 24.0. The van der Waals surface area contributed by atoms with E-state index in [9.17, 15) is 13.2 Å². The molecule has 1 aromatic carbocycles. The van der Waals surface area contributed by atoms with Gasteiger partial charge >= 0.3 is 10.2 Å². The molecule has 0 unspecified atom stereocenters. The van der Waals surface area contributed by atoms with E-state index < -0.39 is 10.2 Å². The molecule has 3 heterocycles. The van der Waals surface area contributed by atoms with Gasteiger partial charge in [-0.3, -0.25) is 9.10 Å². The molecule has 180 valence electrons. The van der Waals surface area contributed by atoms with E-state index in [1.54, 1.807) is 37.5 Å². The van der Waals surface area contributed by atoms with Crippen LogP contribution in [0.5, 0.6) is 0 Å². The molecule has 1 atom stereocenters. The lowest BCUT2D eigenvalue weighted by molar-refractivity contribution is 0.0595. The van der Waals surface area contributed by atoms with Gasteiger partial charge in [0.05, 0.1) is 30.2 Å². The largest absolute Gasteiger partial charge is 0.382 e. The Morgan fingerprint density at radius 1 is 1.21 bits per heavy atom. The molecule has 33 heavy (non-hydrogen) atoms. The third-order valence-electron chi connectivity index (χ3n) is 6.34. The fourth-order valence-corrected chi connectivity index (χ4v) is 5.92. The third-order valence-corrected chi connectivity index (χ3v) is 8.63. The highest BCUT2D eigenvalue weighted by atomic mass is 35.5. The van der Waals surface area contributed by atoms with E-state index in [4.69, 9.17) is 16.3 Å². The summed E-state index contributed by atoms with van der Waals surface area (Å²) in [5.41, 5.74) is 0.768. The lowest BCUT2D eigenvalue weighted by Crippen LogP contribution is -2.47. The molecule has 4 rings (SSSR count). The number of anilines is 2. The zero-order valence-electron chi connectivity index (χ0n) is 18.7. The molecule has 2 aromatic rings. The lowest BCUT2D eigenvalue weighted by Gasteiger charge is -2.34. The minimum atomic E-state index is -3.65. The topological polar surface area (TPSA) is 96.8 Å². The number of rotatable bonds is 7. The van der Waals surface area contributed by atoms with E-state index in [-0.39, 0.29) is 16.6 Å². The highest BCUT2D eigenvalue weighted by Gasteiger charge is 2.33. The fraction of sp³-hybridized carbons (Fsp3) is 0.545. The van der Waals surface area contributed by atoms with E-state index in [0.717, 1.165) is 19.4 Å². The van der Waals surface area contributed by atoms with Crippen molar-refractivity contribution in [1.82, 2.24) is 14.1 Å². The second kappa shape index (κ2) is 10.4. The minimum absolute atomic E-state index is 0.112. The molecule has 11 heteroatoms. The van der Waals surface area contributed by atoms with E-state index >= 15 is 0 Å².